The second kappa shape index (κ2) is 7.20. The van der Waals surface area contributed by atoms with Crippen LogP contribution >= 0.6 is 0 Å². The van der Waals surface area contributed by atoms with Crippen LogP contribution in [0.3, 0.4) is 0 Å². The molecule has 1 heterocycles. The summed E-state index contributed by atoms with van der Waals surface area (Å²) in [7, 11) is 3.60. The Bertz CT molecular complexity index is 279. The van der Waals surface area contributed by atoms with Gasteiger partial charge in [-0.25, -0.2) is 0 Å². The maximum Gasteiger partial charge on any atom is 0.142 e. The number of aromatic nitrogens is 1. The summed E-state index contributed by atoms with van der Waals surface area (Å²) in [5.74, 6) is 0.850. The molecule has 1 rings (SSSR count). The molecule has 0 saturated heterocycles. The minimum Gasteiger partial charge on any atom is -0.492 e. The van der Waals surface area contributed by atoms with E-state index < -0.39 is 0 Å². The highest BCUT2D eigenvalue weighted by molar-refractivity contribution is 5.29. The standard InChI is InChI=1S/C11H18N2O2/c1-12-8-10-4-5-13-9-11(10)15-7-3-6-14-2/h4-5,9,12H,3,6-8H2,1-2H3. The molecule has 4 nitrogen and oxygen atoms in total. The zero-order valence-corrected chi connectivity index (χ0v) is 9.32. The Hall–Kier alpha value is -1.13. The molecular formula is C11H18N2O2. The van der Waals surface area contributed by atoms with Crippen LogP contribution in [-0.2, 0) is 11.3 Å². The molecule has 0 aliphatic heterocycles. The highest BCUT2D eigenvalue weighted by Crippen LogP contribution is 2.15. The van der Waals surface area contributed by atoms with E-state index in [0.717, 1.165) is 30.9 Å². The number of hydrogen-bond donors (Lipinski definition) is 1. The Morgan fingerprint density at radius 1 is 1.40 bits per heavy atom. The molecule has 0 aromatic carbocycles. The SMILES string of the molecule is CNCc1ccncc1OCCCOC. The molecule has 0 amide bonds. The first-order chi connectivity index (χ1) is 7.38. The Morgan fingerprint density at radius 3 is 3.00 bits per heavy atom. The molecule has 1 aromatic heterocycles. The third-order valence-electron chi connectivity index (χ3n) is 1.99. The molecule has 15 heavy (non-hydrogen) atoms. The lowest BCUT2D eigenvalue weighted by Gasteiger charge is -2.10. The van der Waals surface area contributed by atoms with Crippen molar-refractivity contribution in [2.45, 2.75) is 13.0 Å². The molecule has 0 atom stereocenters. The van der Waals surface area contributed by atoms with Crippen molar-refractivity contribution in [3.8, 4) is 5.75 Å². The smallest absolute Gasteiger partial charge is 0.142 e. The van der Waals surface area contributed by atoms with Gasteiger partial charge in [-0.1, -0.05) is 0 Å². The van der Waals surface area contributed by atoms with Crippen LogP contribution in [0.1, 0.15) is 12.0 Å². The van der Waals surface area contributed by atoms with Gasteiger partial charge in [0.1, 0.15) is 5.75 Å². The fraction of sp³-hybridized carbons (Fsp3) is 0.545. The Labute approximate surface area is 90.6 Å². The van der Waals surface area contributed by atoms with Crippen molar-refractivity contribution in [2.24, 2.45) is 0 Å². The molecule has 0 aliphatic rings. The van der Waals surface area contributed by atoms with Gasteiger partial charge >= 0.3 is 0 Å². The van der Waals surface area contributed by atoms with E-state index in [2.05, 4.69) is 10.3 Å². The molecule has 0 fully saturated rings. The van der Waals surface area contributed by atoms with Crippen molar-refractivity contribution in [1.82, 2.24) is 10.3 Å². The molecule has 0 spiro atoms. The lowest BCUT2D eigenvalue weighted by molar-refractivity contribution is 0.171. The van der Waals surface area contributed by atoms with Crippen molar-refractivity contribution in [1.29, 1.82) is 0 Å². The van der Waals surface area contributed by atoms with Crippen molar-refractivity contribution >= 4 is 0 Å². The molecule has 0 bridgehead atoms. The molecule has 0 aliphatic carbocycles. The van der Waals surface area contributed by atoms with Crippen molar-refractivity contribution in [2.75, 3.05) is 27.4 Å². The zero-order valence-electron chi connectivity index (χ0n) is 9.32. The summed E-state index contributed by atoms with van der Waals surface area (Å²) < 4.78 is 10.6. The van der Waals surface area contributed by atoms with Crippen LogP contribution in [0.4, 0.5) is 0 Å². The van der Waals surface area contributed by atoms with Gasteiger partial charge in [-0.2, -0.15) is 0 Å². The normalized spacial score (nSPS) is 10.3. The monoisotopic (exact) mass is 210 g/mol. The molecule has 0 radical (unpaired) electrons. The van der Waals surface area contributed by atoms with E-state index in [9.17, 15) is 0 Å². The maximum absolute atomic E-state index is 5.61. The van der Waals surface area contributed by atoms with E-state index in [-0.39, 0.29) is 0 Å². The van der Waals surface area contributed by atoms with E-state index in [4.69, 9.17) is 9.47 Å². The van der Waals surface area contributed by atoms with Gasteiger partial charge in [-0.05, 0) is 13.1 Å². The summed E-state index contributed by atoms with van der Waals surface area (Å²) >= 11 is 0. The summed E-state index contributed by atoms with van der Waals surface area (Å²) in [5, 5.41) is 3.09. The highest BCUT2D eigenvalue weighted by atomic mass is 16.5. The van der Waals surface area contributed by atoms with Gasteiger partial charge in [0.05, 0.1) is 12.8 Å². The Morgan fingerprint density at radius 2 is 2.27 bits per heavy atom. The van der Waals surface area contributed by atoms with Gasteiger partial charge in [0.2, 0.25) is 0 Å². The van der Waals surface area contributed by atoms with E-state index in [1.54, 1.807) is 19.5 Å². The van der Waals surface area contributed by atoms with Crippen LogP contribution in [0.25, 0.3) is 0 Å². The van der Waals surface area contributed by atoms with E-state index in [1.807, 2.05) is 13.1 Å². The first kappa shape index (κ1) is 11.9. The van der Waals surface area contributed by atoms with Gasteiger partial charge in [0, 0.05) is 38.4 Å². The average molecular weight is 210 g/mol. The predicted molar refractivity (Wildman–Crippen MR) is 59.0 cm³/mol. The van der Waals surface area contributed by atoms with E-state index in [1.165, 1.54) is 0 Å². The van der Waals surface area contributed by atoms with Crippen LogP contribution in [0.2, 0.25) is 0 Å². The maximum atomic E-state index is 5.61. The van der Waals surface area contributed by atoms with E-state index >= 15 is 0 Å². The van der Waals surface area contributed by atoms with Crippen LogP contribution in [0.15, 0.2) is 18.5 Å². The largest absolute Gasteiger partial charge is 0.492 e. The van der Waals surface area contributed by atoms with Crippen LogP contribution in [-0.4, -0.2) is 32.4 Å². The fourth-order valence-electron chi connectivity index (χ4n) is 1.26. The van der Waals surface area contributed by atoms with Crippen molar-refractivity contribution in [3.05, 3.63) is 24.0 Å². The number of nitrogens with zero attached hydrogens (tertiary/aromatic N) is 1. The molecule has 0 saturated carbocycles. The third-order valence-corrected chi connectivity index (χ3v) is 1.99. The van der Waals surface area contributed by atoms with Crippen LogP contribution in [0.5, 0.6) is 5.75 Å². The molecule has 1 N–H and O–H groups in total. The number of methoxy groups -OCH3 is 1. The second-order valence-corrected chi connectivity index (χ2v) is 3.21. The second-order valence-electron chi connectivity index (χ2n) is 3.21. The fourth-order valence-corrected chi connectivity index (χ4v) is 1.26. The van der Waals surface area contributed by atoms with Gasteiger partial charge in [-0.15, -0.1) is 0 Å². The first-order valence-electron chi connectivity index (χ1n) is 5.07. The lowest BCUT2D eigenvalue weighted by atomic mass is 10.2. The van der Waals surface area contributed by atoms with Gasteiger partial charge in [0.25, 0.3) is 0 Å². The number of hydrogen-bond acceptors (Lipinski definition) is 4. The molecule has 0 unspecified atom stereocenters. The molecule has 4 heteroatoms. The molecule has 84 valence electrons. The summed E-state index contributed by atoms with van der Waals surface area (Å²) in [6, 6.07) is 1.96. The first-order valence-corrected chi connectivity index (χ1v) is 5.07. The van der Waals surface area contributed by atoms with Gasteiger partial charge < -0.3 is 14.8 Å². The van der Waals surface area contributed by atoms with Gasteiger partial charge in [0.15, 0.2) is 0 Å². The number of nitrogens with one attached hydrogen (secondary N) is 1. The summed E-state index contributed by atoms with van der Waals surface area (Å²) in [6.45, 7) is 2.18. The van der Waals surface area contributed by atoms with Crippen LogP contribution in [0, 0.1) is 0 Å². The number of ether oxygens (including phenoxy) is 2. The Kier molecular flexibility index (Phi) is 5.73. The lowest BCUT2D eigenvalue weighted by Crippen LogP contribution is -2.09. The molecular weight excluding hydrogens is 192 g/mol. The summed E-state index contributed by atoms with van der Waals surface area (Å²) in [5.41, 5.74) is 1.13. The minimum atomic E-state index is 0.663. The number of pyridine rings is 1. The number of rotatable bonds is 7. The van der Waals surface area contributed by atoms with Crippen molar-refractivity contribution < 1.29 is 9.47 Å². The third kappa shape index (κ3) is 4.27. The zero-order chi connectivity index (χ0) is 10.9. The summed E-state index contributed by atoms with van der Waals surface area (Å²) in [6.07, 6.45) is 4.42. The predicted octanol–water partition coefficient (Wildman–Crippen LogP) is 1.22. The Balaban J connectivity index is 2.44. The van der Waals surface area contributed by atoms with Crippen molar-refractivity contribution in [3.63, 3.8) is 0 Å². The summed E-state index contributed by atoms with van der Waals surface area (Å²) in [4.78, 5) is 4.04. The molecule has 1 aromatic rings. The van der Waals surface area contributed by atoms with Crippen LogP contribution < -0.4 is 10.1 Å². The highest BCUT2D eigenvalue weighted by Gasteiger charge is 2.01. The minimum absolute atomic E-state index is 0.663. The van der Waals surface area contributed by atoms with E-state index in [0.29, 0.717) is 6.61 Å². The van der Waals surface area contributed by atoms with Gasteiger partial charge in [-0.3, -0.25) is 4.98 Å². The average Bonchev–Trinajstić information content (AvgIpc) is 2.27. The topological polar surface area (TPSA) is 43.4 Å². The quantitative estimate of drug-likeness (QED) is 0.687.